The molecule has 0 aliphatic heterocycles. The molecule has 0 radical (unpaired) electrons. The van der Waals surface area contributed by atoms with Gasteiger partial charge < -0.3 is 24.8 Å². The van der Waals surface area contributed by atoms with Gasteiger partial charge in [-0.2, -0.15) is 0 Å². The lowest BCUT2D eigenvalue weighted by atomic mass is 10.0. The lowest BCUT2D eigenvalue weighted by Crippen LogP contribution is -2.07. The van der Waals surface area contributed by atoms with E-state index in [0.717, 1.165) is 44.9 Å². The number of rotatable bonds is 57. The Morgan fingerprint density at radius 3 is 0.740 bits per heavy atom. The van der Waals surface area contributed by atoms with Gasteiger partial charge in [0, 0.05) is 26.1 Å². The van der Waals surface area contributed by atoms with Gasteiger partial charge in [-0.15, -0.1) is 0 Å². The number of benzene rings is 3. The number of allylic oxidation sites excluding steroid dienone is 4. The van der Waals surface area contributed by atoms with Crippen LogP contribution >= 0.6 is 0 Å². The molecule has 0 amide bonds. The van der Waals surface area contributed by atoms with Crippen LogP contribution < -0.4 is 0 Å². The second kappa shape index (κ2) is 84.6. The summed E-state index contributed by atoms with van der Waals surface area (Å²) in [6.07, 6.45) is 70.3. The summed E-state index contributed by atoms with van der Waals surface area (Å²) >= 11 is 0. The van der Waals surface area contributed by atoms with E-state index >= 15 is 0 Å². The minimum Gasteiger partial charge on any atom is -0.478 e. The zero-order chi connectivity index (χ0) is 71.4. The fraction of sp³-hybridized carbons (Fsp3) is 0.685. The van der Waals surface area contributed by atoms with Gasteiger partial charge in [0.2, 0.25) is 0 Å². The lowest BCUT2D eigenvalue weighted by Gasteiger charge is -2.10. The highest BCUT2D eigenvalue weighted by Crippen LogP contribution is 2.21. The Hall–Kier alpha value is -5.05. The fourth-order valence-corrected chi connectivity index (χ4v) is 11.4. The Kier molecular flexibility index (Phi) is 87.6. The topological polar surface area (TPSA) is 130 Å². The minimum atomic E-state index is -0.879. The highest BCUT2D eigenvalue weighted by atomic mass is 16.5. The third kappa shape index (κ3) is 71.3. The molecule has 3 rings (SSSR count). The number of aliphatic hydroxyl groups is 2. The van der Waals surface area contributed by atoms with Gasteiger partial charge in [0.25, 0.3) is 0 Å². The molecule has 0 saturated carbocycles. The number of unbranched alkanes of at least 4 members (excludes halogenated alkanes) is 32. The summed E-state index contributed by atoms with van der Waals surface area (Å²) < 4.78 is 10.9. The monoisotopic (exact) mass is 1400 g/mol. The van der Waals surface area contributed by atoms with Crippen LogP contribution in [0.4, 0.5) is 0 Å². The van der Waals surface area contributed by atoms with Crippen molar-refractivity contribution in [2.75, 3.05) is 26.4 Å². The number of aromatic carboxylic acids is 1. The summed E-state index contributed by atoms with van der Waals surface area (Å²) in [7, 11) is 0. The standard InChI is InChI=1S/2C24H38O2.2C17H34O.C7H6O2.3CH4/c2*1-3-5-7-9-10-13-17-22(16-12-8-6-4-2)20-21-26-24(25)23-18-14-11-15-19-23;2*1-3-5-7-9-10-12-14-17(15-16-18)13-11-8-6-4-2;8-7(9)6-4-2-1-3-5-6;;;/h11,14-15,17-19H,3-10,12-13,16,20-21H2,1-2H3;11,14-16,18-19H,3-10,12-13,17,20-21H2,1-2H3;2*13,18H,3-12,14-16H2,1-2H3;1-5H,(H,8,9);3*1H4/b22-17+;22-16+;2*17-13+;;;;. The van der Waals surface area contributed by atoms with Crippen LogP contribution in [0.15, 0.2) is 138 Å². The highest BCUT2D eigenvalue weighted by molar-refractivity contribution is 5.89. The maximum Gasteiger partial charge on any atom is 0.338 e. The molecule has 0 heterocycles. The molecule has 0 aliphatic carbocycles. The van der Waals surface area contributed by atoms with Gasteiger partial charge in [-0.3, -0.25) is 0 Å². The van der Waals surface area contributed by atoms with Crippen LogP contribution in [0.25, 0.3) is 0 Å². The first kappa shape index (κ1) is 104. The number of hydrogen-bond donors (Lipinski definition) is 3. The normalized spacial score (nSPS) is 11.1. The lowest BCUT2D eigenvalue weighted by molar-refractivity contribution is 0.0499. The summed E-state index contributed by atoms with van der Waals surface area (Å²) in [5.41, 5.74) is 7.52. The second-order valence-corrected chi connectivity index (χ2v) is 26.6. The van der Waals surface area contributed by atoms with Crippen LogP contribution in [0.3, 0.4) is 0 Å². The first-order valence-electron chi connectivity index (χ1n) is 40.2. The Bertz CT molecular complexity index is 2220. The average molecular weight is 1400 g/mol. The Labute approximate surface area is 620 Å². The van der Waals surface area contributed by atoms with Crippen LogP contribution in [-0.2, 0) is 9.47 Å². The van der Waals surface area contributed by atoms with Gasteiger partial charge in [0.1, 0.15) is 0 Å². The van der Waals surface area contributed by atoms with Gasteiger partial charge in [-0.05, 0) is 152 Å². The molecular formula is C92H162O8. The van der Waals surface area contributed by atoms with Crippen molar-refractivity contribution in [2.45, 2.75) is 386 Å². The van der Waals surface area contributed by atoms with Crippen molar-refractivity contribution in [2.24, 2.45) is 0 Å². The second-order valence-electron chi connectivity index (χ2n) is 26.6. The average Bonchev–Trinajstić information content (AvgIpc) is 1.49. The van der Waals surface area contributed by atoms with Crippen LogP contribution in [0.1, 0.15) is 417 Å². The Morgan fingerprint density at radius 1 is 0.280 bits per heavy atom. The van der Waals surface area contributed by atoms with Gasteiger partial charge in [-0.25, -0.2) is 14.4 Å². The van der Waals surface area contributed by atoms with E-state index in [1.807, 2.05) is 36.4 Å². The number of carboxylic acid groups (broad SMARTS) is 1. The van der Waals surface area contributed by atoms with Gasteiger partial charge in [0.15, 0.2) is 0 Å². The highest BCUT2D eigenvalue weighted by Gasteiger charge is 2.09. The van der Waals surface area contributed by atoms with Crippen LogP contribution in [-0.4, -0.2) is 59.7 Å². The number of ether oxygens (including phenoxy) is 2. The number of carbonyl (C=O) groups excluding carboxylic acids is 2. The molecule has 0 aromatic heterocycles. The van der Waals surface area contributed by atoms with E-state index in [1.165, 1.54) is 286 Å². The largest absolute Gasteiger partial charge is 0.478 e. The van der Waals surface area contributed by atoms with Crippen molar-refractivity contribution in [1.82, 2.24) is 0 Å². The van der Waals surface area contributed by atoms with Gasteiger partial charge in [0.05, 0.1) is 29.9 Å². The Morgan fingerprint density at radius 2 is 0.490 bits per heavy atom. The van der Waals surface area contributed by atoms with E-state index in [2.05, 4.69) is 79.7 Å². The van der Waals surface area contributed by atoms with Crippen molar-refractivity contribution in [1.29, 1.82) is 0 Å². The maximum absolute atomic E-state index is 12.0. The third-order valence-corrected chi connectivity index (χ3v) is 17.6. The molecule has 0 atom stereocenters. The zero-order valence-corrected chi connectivity index (χ0v) is 64.1. The first-order chi connectivity index (χ1) is 47.5. The molecule has 0 aliphatic rings. The van der Waals surface area contributed by atoms with E-state index in [0.29, 0.717) is 43.1 Å². The third-order valence-electron chi connectivity index (χ3n) is 17.6. The van der Waals surface area contributed by atoms with Crippen LogP contribution in [0.5, 0.6) is 0 Å². The van der Waals surface area contributed by atoms with E-state index in [4.69, 9.17) is 24.8 Å². The van der Waals surface area contributed by atoms with E-state index in [1.54, 1.807) is 54.6 Å². The molecular weight excluding hydrogens is 1230 g/mol. The van der Waals surface area contributed by atoms with E-state index < -0.39 is 5.97 Å². The van der Waals surface area contributed by atoms with Gasteiger partial charge >= 0.3 is 17.9 Å². The fourth-order valence-electron chi connectivity index (χ4n) is 11.4. The maximum atomic E-state index is 12.0. The molecule has 8 nitrogen and oxygen atoms in total. The molecule has 0 bridgehead atoms. The molecule has 100 heavy (non-hydrogen) atoms. The van der Waals surface area contributed by atoms with E-state index in [-0.39, 0.29) is 34.2 Å². The molecule has 3 aromatic carbocycles. The summed E-state index contributed by atoms with van der Waals surface area (Å²) in [6, 6.07) is 26.8. The predicted octanol–water partition coefficient (Wildman–Crippen LogP) is 29.5. The van der Waals surface area contributed by atoms with Crippen molar-refractivity contribution < 1.29 is 39.2 Å². The predicted molar refractivity (Wildman–Crippen MR) is 441 cm³/mol. The molecule has 0 fully saturated rings. The van der Waals surface area contributed by atoms with E-state index in [9.17, 15) is 14.4 Å². The van der Waals surface area contributed by atoms with Gasteiger partial charge in [-0.1, -0.05) is 359 Å². The number of hydrogen-bond acceptors (Lipinski definition) is 7. The van der Waals surface area contributed by atoms with Crippen molar-refractivity contribution >= 4 is 17.9 Å². The Balaban J connectivity index is -0.000000385. The van der Waals surface area contributed by atoms with Crippen molar-refractivity contribution in [3.63, 3.8) is 0 Å². The number of aliphatic hydroxyl groups excluding tert-OH is 2. The summed E-state index contributed by atoms with van der Waals surface area (Å²) in [4.78, 5) is 34.3. The first-order valence-corrected chi connectivity index (χ1v) is 40.2. The number of esters is 2. The number of carboxylic acids is 1. The van der Waals surface area contributed by atoms with Crippen LogP contribution in [0.2, 0.25) is 0 Å². The molecule has 0 saturated heterocycles. The SMILES string of the molecule is C.C.C.CCCCC/C=C(/CCO)CCCCCCCC.CCCCC/C=C(/CCO)CCCCCCCC.CCCCC/C=C(\CCCCCCCC)CCOC(=O)c1ccccc1.CCCCCCC/C=C(\CCCCCC)CCOC(=O)c1ccccc1.O=C(O)c1ccccc1. The minimum absolute atomic E-state index is 0. The molecule has 3 N–H and O–H groups in total. The van der Waals surface area contributed by atoms with Crippen molar-refractivity contribution in [3.8, 4) is 0 Å². The van der Waals surface area contributed by atoms with Crippen molar-refractivity contribution in [3.05, 3.63) is 154 Å². The molecule has 0 unspecified atom stereocenters. The molecule has 0 spiro atoms. The number of carbonyl (C=O) groups is 3. The summed E-state index contributed by atoms with van der Waals surface area (Å²) in [5.74, 6) is -1.30. The summed E-state index contributed by atoms with van der Waals surface area (Å²) in [5, 5.41) is 26.5. The van der Waals surface area contributed by atoms with Crippen LogP contribution in [0, 0.1) is 0 Å². The molecule has 578 valence electrons. The quantitative estimate of drug-likeness (QED) is 0.0289. The molecule has 8 heteroatoms. The molecule has 3 aromatic rings. The zero-order valence-electron chi connectivity index (χ0n) is 64.1. The smallest absolute Gasteiger partial charge is 0.338 e. The summed E-state index contributed by atoms with van der Waals surface area (Å²) in [6.45, 7) is 19.6.